The minimum Gasteiger partial charge on any atom is -0.0915 e. The van der Waals surface area contributed by atoms with Gasteiger partial charge in [0.15, 0.2) is 0 Å². The number of hydrogen-bond donors (Lipinski definition) is 0. The monoisotopic (exact) mass is 228 g/mol. The molecular formula is C14H33Al. The van der Waals surface area contributed by atoms with Gasteiger partial charge in [0, 0.05) is 0 Å². The molecule has 0 saturated carbocycles. The molecule has 0 unspecified atom stereocenters. The van der Waals surface area contributed by atoms with E-state index in [1.54, 1.807) is 15.8 Å². The van der Waals surface area contributed by atoms with Gasteiger partial charge >= 0.3 is 0 Å². The summed E-state index contributed by atoms with van der Waals surface area (Å²) in [4.78, 5) is 0. The summed E-state index contributed by atoms with van der Waals surface area (Å²) in [6.07, 6.45) is 0. The molecular weight excluding hydrogens is 195 g/mol. The molecule has 92 valence electrons. The Balaban J connectivity index is 0. The second-order valence-corrected chi connectivity index (χ2v) is 8.90. The molecule has 0 amide bonds. The van der Waals surface area contributed by atoms with Crippen molar-refractivity contribution in [3.05, 3.63) is 0 Å². The average molecular weight is 228 g/mol. The highest BCUT2D eigenvalue weighted by molar-refractivity contribution is 6.58. The van der Waals surface area contributed by atoms with Crippen molar-refractivity contribution in [2.24, 2.45) is 17.8 Å². The summed E-state index contributed by atoms with van der Waals surface area (Å²) in [7, 11) is 0. The van der Waals surface area contributed by atoms with Gasteiger partial charge in [0.1, 0.15) is 0 Å². The molecule has 0 aliphatic carbocycles. The van der Waals surface area contributed by atoms with Gasteiger partial charge < -0.3 is 0 Å². The molecule has 0 aromatic rings. The largest absolute Gasteiger partial charge is 0.262 e. The van der Waals surface area contributed by atoms with Gasteiger partial charge in [0.2, 0.25) is 0 Å². The van der Waals surface area contributed by atoms with Crippen molar-refractivity contribution in [2.45, 2.75) is 71.2 Å². The lowest BCUT2D eigenvalue weighted by Crippen LogP contribution is -2.19. The molecule has 0 radical (unpaired) electrons. The van der Waals surface area contributed by atoms with E-state index in [1.807, 2.05) is 13.8 Å². The van der Waals surface area contributed by atoms with E-state index in [9.17, 15) is 0 Å². The van der Waals surface area contributed by atoms with Gasteiger partial charge in [-0.2, -0.15) is 0 Å². The Bertz CT molecular complexity index is 92.7. The molecule has 0 atom stereocenters. The molecule has 0 fully saturated rings. The summed E-state index contributed by atoms with van der Waals surface area (Å²) in [5, 5.41) is 4.66. The third kappa shape index (κ3) is 14.5. The zero-order chi connectivity index (χ0) is 12.4. The van der Waals surface area contributed by atoms with Gasteiger partial charge in [-0.3, -0.25) is 0 Å². The van der Waals surface area contributed by atoms with E-state index < -0.39 is 14.1 Å². The molecule has 1 heteroatoms. The van der Waals surface area contributed by atoms with Gasteiger partial charge in [-0.15, -0.1) is 0 Å². The van der Waals surface area contributed by atoms with Crippen molar-refractivity contribution in [1.29, 1.82) is 0 Å². The van der Waals surface area contributed by atoms with Crippen LogP contribution in [0.2, 0.25) is 15.8 Å². The van der Waals surface area contributed by atoms with Gasteiger partial charge in [-0.25, -0.2) is 0 Å². The molecule has 0 aromatic carbocycles. The quantitative estimate of drug-likeness (QED) is 0.528. The molecule has 0 aromatic heterocycles. The zero-order valence-corrected chi connectivity index (χ0v) is 13.6. The first-order chi connectivity index (χ1) is 6.91. The van der Waals surface area contributed by atoms with E-state index in [-0.39, 0.29) is 0 Å². The summed E-state index contributed by atoms with van der Waals surface area (Å²) in [5.41, 5.74) is 0. The van der Waals surface area contributed by atoms with Gasteiger partial charge in [-0.1, -0.05) is 89.0 Å². The van der Waals surface area contributed by atoms with Crippen molar-refractivity contribution in [3.8, 4) is 0 Å². The van der Waals surface area contributed by atoms with Crippen LogP contribution in [0.15, 0.2) is 0 Å². The van der Waals surface area contributed by atoms with E-state index in [1.165, 1.54) is 0 Å². The lowest BCUT2D eigenvalue weighted by molar-refractivity contribution is 0.659. The van der Waals surface area contributed by atoms with Crippen LogP contribution >= 0.6 is 0 Å². The van der Waals surface area contributed by atoms with E-state index >= 15 is 0 Å². The highest BCUT2D eigenvalue weighted by Gasteiger charge is 2.20. The molecule has 0 heterocycles. The van der Waals surface area contributed by atoms with Crippen molar-refractivity contribution in [3.63, 3.8) is 0 Å². The predicted molar refractivity (Wildman–Crippen MR) is 76.0 cm³/mol. The standard InChI is InChI=1S/3C4H9.C2H6.Al/c3*1-4(2)3;1-2;/h3*4H,1H2,2-3H3;1-2H3;. The van der Waals surface area contributed by atoms with Crippen LogP contribution in [0.25, 0.3) is 0 Å². The zero-order valence-electron chi connectivity index (χ0n) is 12.4. The Morgan fingerprint density at radius 2 is 0.800 bits per heavy atom. The van der Waals surface area contributed by atoms with Crippen molar-refractivity contribution in [2.75, 3.05) is 0 Å². The smallest absolute Gasteiger partial charge is 0.0915 e. The maximum absolute atomic E-state index is 2.38. The van der Waals surface area contributed by atoms with Crippen LogP contribution < -0.4 is 0 Å². The summed E-state index contributed by atoms with van der Waals surface area (Å²) in [6, 6.07) is 0. The van der Waals surface area contributed by atoms with Crippen LogP contribution in [0.5, 0.6) is 0 Å². The van der Waals surface area contributed by atoms with E-state index in [0.717, 1.165) is 17.8 Å². The minimum atomic E-state index is -0.407. The molecule has 0 N–H and O–H groups in total. The van der Waals surface area contributed by atoms with Crippen LogP contribution in [-0.2, 0) is 0 Å². The first-order valence-electron chi connectivity index (χ1n) is 6.91. The topological polar surface area (TPSA) is 0 Å². The number of hydrogen-bond acceptors (Lipinski definition) is 0. The van der Waals surface area contributed by atoms with Gasteiger partial charge in [0.25, 0.3) is 14.1 Å². The lowest BCUT2D eigenvalue weighted by Gasteiger charge is -2.17. The summed E-state index contributed by atoms with van der Waals surface area (Å²) in [5.74, 6) is 2.78. The first kappa shape index (κ1) is 17.9. The molecule has 0 saturated heterocycles. The maximum atomic E-state index is 2.38. The molecule has 0 aliphatic rings. The van der Waals surface area contributed by atoms with Gasteiger partial charge in [0.05, 0.1) is 0 Å². The van der Waals surface area contributed by atoms with Crippen LogP contribution in [0.1, 0.15) is 55.4 Å². The Hall–Kier alpha value is 0.532. The van der Waals surface area contributed by atoms with Crippen molar-refractivity contribution < 1.29 is 0 Å². The van der Waals surface area contributed by atoms with Crippen LogP contribution in [0.3, 0.4) is 0 Å². The van der Waals surface area contributed by atoms with E-state index in [4.69, 9.17) is 0 Å². The van der Waals surface area contributed by atoms with E-state index in [0.29, 0.717) is 0 Å². The Morgan fingerprint density at radius 1 is 0.600 bits per heavy atom. The third-order valence-electron chi connectivity index (χ3n) is 2.41. The molecule has 15 heavy (non-hydrogen) atoms. The Morgan fingerprint density at radius 3 is 0.933 bits per heavy atom. The highest BCUT2D eigenvalue weighted by Crippen LogP contribution is 2.20. The highest BCUT2D eigenvalue weighted by atomic mass is 27.2. The van der Waals surface area contributed by atoms with Gasteiger partial charge in [-0.05, 0) is 0 Å². The molecule has 0 nitrogen and oxygen atoms in total. The van der Waals surface area contributed by atoms with Crippen molar-refractivity contribution >= 4 is 14.1 Å². The van der Waals surface area contributed by atoms with Crippen molar-refractivity contribution in [1.82, 2.24) is 0 Å². The van der Waals surface area contributed by atoms with Crippen LogP contribution in [-0.4, -0.2) is 14.1 Å². The SMILES string of the molecule is CC.CC(C)[CH2][Al]([CH2]C(C)C)[CH2]C(C)C. The molecule has 0 spiro atoms. The number of rotatable bonds is 6. The molecule has 0 rings (SSSR count). The Kier molecular flexibility index (Phi) is 13.2. The van der Waals surface area contributed by atoms with E-state index in [2.05, 4.69) is 41.5 Å². The molecule has 0 bridgehead atoms. The summed E-state index contributed by atoms with van der Waals surface area (Å²) < 4.78 is 0. The fourth-order valence-corrected chi connectivity index (χ4v) is 6.87. The summed E-state index contributed by atoms with van der Waals surface area (Å²) >= 11 is -0.407. The normalized spacial score (nSPS) is 10.6. The average Bonchev–Trinajstić information content (AvgIpc) is 2.03. The second-order valence-electron chi connectivity index (χ2n) is 5.75. The predicted octanol–water partition coefficient (Wildman–Crippen LogP) is 5.48. The van der Waals surface area contributed by atoms with Crippen LogP contribution in [0, 0.1) is 17.8 Å². The second kappa shape index (κ2) is 11.0. The van der Waals surface area contributed by atoms with Crippen LogP contribution in [0.4, 0.5) is 0 Å². The fraction of sp³-hybridized carbons (Fsp3) is 1.00. The first-order valence-corrected chi connectivity index (χ1v) is 9.36. The Labute approximate surface area is 103 Å². The lowest BCUT2D eigenvalue weighted by atomic mass is 10.2. The molecule has 0 aliphatic heterocycles. The maximum Gasteiger partial charge on any atom is 0.262 e. The third-order valence-corrected chi connectivity index (χ3v) is 7.24. The fourth-order valence-electron chi connectivity index (χ4n) is 2.29. The summed E-state index contributed by atoms with van der Waals surface area (Å²) in [6.45, 7) is 18.3. The minimum absolute atomic E-state index is 0.407.